The van der Waals surface area contributed by atoms with E-state index in [1.54, 1.807) is 11.3 Å². The quantitative estimate of drug-likeness (QED) is 0.873. The van der Waals surface area contributed by atoms with Crippen LogP contribution in [0.4, 0.5) is 0 Å². The van der Waals surface area contributed by atoms with Crippen LogP contribution in [0.1, 0.15) is 24.0 Å². The molecule has 2 rings (SSSR count). The summed E-state index contributed by atoms with van der Waals surface area (Å²) >= 11 is 1.63. The minimum atomic E-state index is -2.99. The Kier molecular flexibility index (Phi) is 4.57. The summed E-state index contributed by atoms with van der Waals surface area (Å²) in [5, 5.41) is 5.90. The summed E-state index contributed by atoms with van der Waals surface area (Å²) in [6, 6.07) is 0. The molecule has 1 aromatic rings. The van der Waals surface area contributed by atoms with Gasteiger partial charge in [0.25, 0.3) is 0 Å². The predicted octanol–water partition coefficient (Wildman–Crippen LogP) is 0.799. The normalized spacial score (nSPS) is 21.4. The molecule has 0 aromatic carbocycles. The fourth-order valence-electron chi connectivity index (χ4n) is 2.09. The van der Waals surface area contributed by atoms with Gasteiger partial charge in [-0.1, -0.05) is 6.92 Å². The Morgan fingerprint density at radius 3 is 2.95 bits per heavy atom. The molecule has 0 aliphatic carbocycles. The molecule has 1 aliphatic heterocycles. The second kappa shape index (κ2) is 6.00. The maximum atomic E-state index is 11.8. The Bertz CT molecular complexity index is 551. The molecule has 0 radical (unpaired) electrons. The van der Waals surface area contributed by atoms with Gasteiger partial charge >= 0.3 is 0 Å². The van der Waals surface area contributed by atoms with E-state index in [4.69, 9.17) is 0 Å². The number of thiazole rings is 1. The Morgan fingerprint density at radius 1 is 1.58 bits per heavy atom. The molecule has 1 amide bonds. The van der Waals surface area contributed by atoms with Crippen molar-refractivity contribution in [1.82, 2.24) is 10.3 Å². The summed E-state index contributed by atoms with van der Waals surface area (Å²) < 4.78 is 22.6. The second-order valence-corrected chi connectivity index (χ2v) is 7.90. The van der Waals surface area contributed by atoms with Crippen LogP contribution >= 0.6 is 11.3 Å². The summed E-state index contributed by atoms with van der Waals surface area (Å²) in [5.41, 5.74) is 0.987. The van der Waals surface area contributed by atoms with Crippen LogP contribution in [0.5, 0.6) is 0 Å². The largest absolute Gasteiger partial charge is 0.355 e. The van der Waals surface area contributed by atoms with Gasteiger partial charge in [-0.3, -0.25) is 4.79 Å². The average molecular weight is 302 g/mol. The molecule has 2 heterocycles. The van der Waals surface area contributed by atoms with E-state index in [-0.39, 0.29) is 23.3 Å². The van der Waals surface area contributed by atoms with Gasteiger partial charge < -0.3 is 5.32 Å². The highest BCUT2D eigenvalue weighted by Gasteiger charge is 2.32. The van der Waals surface area contributed by atoms with E-state index in [1.807, 2.05) is 5.38 Å². The topological polar surface area (TPSA) is 76.1 Å². The predicted molar refractivity (Wildman–Crippen MR) is 75.0 cm³/mol. The number of aryl methyl sites for hydroxylation is 1. The van der Waals surface area contributed by atoms with Gasteiger partial charge in [-0.15, -0.1) is 11.3 Å². The van der Waals surface area contributed by atoms with Crippen LogP contribution in [-0.2, 0) is 27.5 Å². The smallest absolute Gasteiger partial charge is 0.224 e. The van der Waals surface area contributed by atoms with E-state index in [9.17, 15) is 13.2 Å². The van der Waals surface area contributed by atoms with E-state index < -0.39 is 9.84 Å². The van der Waals surface area contributed by atoms with Crippen LogP contribution < -0.4 is 5.32 Å². The molecule has 7 heteroatoms. The zero-order valence-electron chi connectivity index (χ0n) is 10.9. The lowest BCUT2D eigenvalue weighted by molar-refractivity contribution is -0.124. The summed E-state index contributed by atoms with van der Waals surface area (Å²) in [7, 11) is -2.99. The van der Waals surface area contributed by atoms with Crippen molar-refractivity contribution < 1.29 is 13.2 Å². The molecule has 0 saturated carbocycles. The molecule has 1 N–H and O–H groups in total. The van der Waals surface area contributed by atoms with Gasteiger partial charge in [0.15, 0.2) is 9.84 Å². The highest BCUT2D eigenvalue weighted by molar-refractivity contribution is 7.91. The monoisotopic (exact) mass is 302 g/mol. The Balaban J connectivity index is 1.75. The molecule has 0 unspecified atom stereocenters. The lowest BCUT2D eigenvalue weighted by Gasteiger charge is -2.08. The minimum Gasteiger partial charge on any atom is -0.355 e. The first kappa shape index (κ1) is 14.5. The number of nitrogens with one attached hydrogen (secondary N) is 1. The van der Waals surface area contributed by atoms with Crippen molar-refractivity contribution in [1.29, 1.82) is 0 Å². The summed E-state index contributed by atoms with van der Waals surface area (Å²) in [5.74, 6) is -0.384. The van der Waals surface area contributed by atoms with Crippen molar-refractivity contribution >= 4 is 27.1 Å². The first-order chi connectivity index (χ1) is 9.00. The standard InChI is InChI=1S/C12H18N2O3S2/c1-2-11-14-10(7-18-11)3-5-13-12(15)9-4-6-19(16,17)8-9/h7,9H,2-6,8H2,1H3,(H,13,15)/t9-/m0/s1. The molecular formula is C12H18N2O3S2. The van der Waals surface area contributed by atoms with Crippen molar-refractivity contribution in [3.8, 4) is 0 Å². The summed E-state index contributed by atoms with van der Waals surface area (Å²) in [6.45, 7) is 2.58. The maximum absolute atomic E-state index is 11.8. The van der Waals surface area contributed by atoms with Gasteiger partial charge in [0.05, 0.1) is 28.1 Å². The zero-order chi connectivity index (χ0) is 13.9. The highest BCUT2D eigenvalue weighted by Crippen LogP contribution is 2.18. The summed E-state index contributed by atoms with van der Waals surface area (Å²) in [6.07, 6.45) is 2.07. The maximum Gasteiger partial charge on any atom is 0.224 e. The van der Waals surface area contributed by atoms with Crippen LogP contribution in [0, 0.1) is 5.92 Å². The fourth-order valence-corrected chi connectivity index (χ4v) is 4.61. The van der Waals surface area contributed by atoms with Gasteiger partial charge in [-0.25, -0.2) is 13.4 Å². The molecule has 1 aromatic heterocycles. The zero-order valence-corrected chi connectivity index (χ0v) is 12.5. The van der Waals surface area contributed by atoms with Gasteiger partial charge in [-0.05, 0) is 12.8 Å². The third-order valence-corrected chi connectivity index (χ3v) is 6.00. The minimum absolute atomic E-state index is 0.00445. The van der Waals surface area contributed by atoms with Crippen molar-refractivity contribution in [2.24, 2.45) is 5.92 Å². The first-order valence-electron chi connectivity index (χ1n) is 6.41. The van der Waals surface area contributed by atoms with Crippen molar-refractivity contribution in [3.05, 3.63) is 16.1 Å². The molecule has 5 nitrogen and oxygen atoms in total. The van der Waals surface area contributed by atoms with Crippen LogP contribution in [0.15, 0.2) is 5.38 Å². The average Bonchev–Trinajstić information content (AvgIpc) is 2.95. The molecule has 1 fully saturated rings. The van der Waals surface area contributed by atoms with E-state index in [0.717, 1.165) is 17.1 Å². The molecule has 1 saturated heterocycles. The second-order valence-electron chi connectivity index (χ2n) is 4.73. The van der Waals surface area contributed by atoms with E-state index in [0.29, 0.717) is 19.4 Å². The Labute approximate surface area is 117 Å². The van der Waals surface area contributed by atoms with Gasteiger partial charge in [0, 0.05) is 18.3 Å². The van der Waals surface area contributed by atoms with Crippen LogP contribution in [-0.4, -0.2) is 37.4 Å². The third kappa shape index (κ3) is 4.01. The summed E-state index contributed by atoms with van der Waals surface area (Å²) in [4.78, 5) is 16.2. The van der Waals surface area contributed by atoms with Gasteiger partial charge in [-0.2, -0.15) is 0 Å². The third-order valence-electron chi connectivity index (χ3n) is 3.19. The number of aromatic nitrogens is 1. The molecule has 1 atom stereocenters. The van der Waals surface area contributed by atoms with Crippen molar-refractivity contribution in [3.63, 3.8) is 0 Å². The fraction of sp³-hybridized carbons (Fsp3) is 0.667. The molecule has 1 aliphatic rings. The molecule has 106 valence electrons. The van der Waals surface area contributed by atoms with Crippen LogP contribution in [0.2, 0.25) is 0 Å². The van der Waals surface area contributed by atoms with Crippen molar-refractivity contribution in [2.45, 2.75) is 26.2 Å². The molecule has 19 heavy (non-hydrogen) atoms. The number of sulfone groups is 1. The number of nitrogens with zero attached hydrogens (tertiary/aromatic N) is 1. The van der Waals surface area contributed by atoms with E-state index in [2.05, 4.69) is 17.2 Å². The van der Waals surface area contributed by atoms with E-state index >= 15 is 0 Å². The van der Waals surface area contributed by atoms with E-state index in [1.165, 1.54) is 0 Å². The Hall–Kier alpha value is -0.950. The molecule has 0 spiro atoms. The van der Waals surface area contributed by atoms with Crippen LogP contribution in [0.25, 0.3) is 0 Å². The molecular weight excluding hydrogens is 284 g/mol. The number of hydrogen-bond acceptors (Lipinski definition) is 5. The number of amides is 1. The number of rotatable bonds is 5. The lowest BCUT2D eigenvalue weighted by atomic mass is 10.1. The van der Waals surface area contributed by atoms with Gasteiger partial charge in [0.1, 0.15) is 0 Å². The highest BCUT2D eigenvalue weighted by atomic mass is 32.2. The Morgan fingerprint density at radius 2 is 2.37 bits per heavy atom. The number of carbonyl (C=O) groups is 1. The number of hydrogen-bond donors (Lipinski definition) is 1. The number of carbonyl (C=O) groups excluding carboxylic acids is 1. The van der Waals surface area contributed by atoms with Gasteiger partial charge in [0.2, 0.25) is 5.91 Å². The molecule has 0 bridgehead atoms. The first-order valence-corrected chi connectivity index (χ1v) is 9.11. The SMILES string of the molecule is CCc1nc(CCNC(=O)[C@H]2CCS(=O)(=O)C2)cs1. The van der Waals surface area contributed by atoms with Crippen LogP contribution in [0.3, 0.4) is 0 Å². The lowest BCUT2D eigenvalue weighted by Crippen LogP contribution is -2.32. The van der Waals surface area contributed by atoms with Crippen molar-refractivity contribution in [2.75, 3.05) is 18.1 Å².